The monoisotopic (exact) mass is 342 g/mol. The van der Waals surface area contributed by atoms with E-state index in [4.69, 9.17) is 0 Å². The number of nitrogens with one attached hydrogen (secondary N) is 1. The summed E-state index contributed by atoms with van der Waals surface area (Å²) in [6.07, 6.45) is 4.58. The van der Waals surface area contributed by atoms with Gasteiger partial charge in [0.25, 0.3) is 0 Å². The average molecular weight is 342 g/mol. The lowest BCUT2D eigenvalue weighted by Gasteiger charge is -2.17. The molecule has 5 nitrogen and oxygen atoms in total. The maximum absolute atomic E-state index is 12.5. The largest absolute Gasteiger partial charge is 0.347 e. The Morgan fingerprint density at radius 1 is 1.33 bits per heavy atom. The lowest BCUT2D eigenvalue weighted by Crippen LogP contribution is -2.33. The number of fused-ring (bicyclic) bond motifs is 1. The number of thiazole rings is 1. The zero-order chi connectivity index (χ0) is 17.1. The predicted octanol–water partition coefficient (Wildman–Crippen LogP) is 3.57. The number of benzene rings is 1. The molecule has 0 spiro atoms. The summed E-state index contributed by atoms with van der Waals surface area (Å²) in [5.41, 5.74) is 0.984. The van der Waals surface area contributed by atoms with Crippen LogP contribution < -0.4 is 5.32 Å². The Balaban J connectivity index is 1.64. The van der Waals surface area contributed by atoms with Gasteiger partial charge in [0.1, 0.15) is 10.8 Å². The SMILES string of the molecule is CCc1nccn1C[C@H](C)C(=O)N[C@@H](C)c1nc2ccccc2s1. The Morgan fingerprint density at radius 3 is 2.88 bits per heavy atom. The molecule has 1 amide bonds. The normalized spacial score (nSPS) is 13.8. The minimum Gasteiger partial charge on any atom is -0.347 e. The molecule has 0 bridgehead atoms. The Labute approximate surface area is 145 Å². The third-order valence-corrected chi connectivity index (χ3v) is 5.29. The molecule has 0 aliphatic rings. The third kappa shape index (κ3) is 3.48. The van der Waals surface area contributed by atoms with Crippen molar-refractivity contribution in [1.82, 2.24) is 19.9 Å². The molecule has 0 aliphatic heterocycles. The number of carbonyl (C=O) groups excluding carboxylic acids is 1. The first-order chi connectivity index (χ1) is 11.6. The maximum atomic E-state index is 12.5. The number of imidazole rings is 1. The number of nitrogens with zero attached hydrogens (tertiary/aromatic N) is 3. The summed E-state index contributed by atoms with van der Waals surface area (Å²) in [4.78, 5) is 21.4. The number of hydrogen-bond donors (Lipinski definition) is 1. The fraction of sp³-hybridized carbons (Fsp3) is 0.389. The minimum atomic E-state index is -0.124. The van der Waals surface area contributed by atoms with Crippen LogP contribution >= 0.6 is 11.3 Å². The summed E-state index contributed by atoms with van der Waals surface area (Å²) in [5.74, 6) is 0.924. The van der Waals surface area contributed by atoms with Crippen LogP contribution in [-0.4, -0.2) is 20.4 Å². The lowest BCUT2D eigenvalue weighted by molar-refractivity contribution is -0.125. The highest BCUT2D eigenvalue weighted by Gasteiger charge is 2.19. The minimum absolute atomic E-state index is 0.0394. The fourth-order valence-electron chi connectivity index (χ4n) is 2.69. The lowest BCUT2D eigenvalue weighted by atomic mass is 10.1. The van der Waals surface area contributed by atoms with Crippen LogP contribution in [0.2, 0.25) is 0 Å². The Kier molecular flexibility index (Phi) is 4.94. The Bertz CT molecular complexity index is 805. The van der Waals surface area contributed by atoms with Gasteiger partial charge in [-0.15, -0.1) is 11.3 Å². The molecule has 2 aromatic heterocycles. The van der Waals surface area contributed by atoms with Gasteiger partial charge in [-0.2, -0.15) is 0 Å². The van der Waals surface area contributed by atoms with Crippen molar-refractivity contribution in [2.45, 2.75) is 39.8 Å². The van der Waals surface area contributed by atoms with Gasteiger partial charge in [0.05, 0.1) is 22.2 Å². The Hall–Kier alpha value is -2.21. The molecule has 0 radical (unpaired) electrons. The summed E-state index contributed by atoms with van der Waals surface area (Å²) in [6.45, 7) is 6.64. The summed E-state index contributed by atoms with van der Waals surface area (Å²) < 4.78 is 3.19. The van der Waals surface area contributed by atoms with Gasteiger partial charge in [-0.1, -0.05) is 26.0 Å². The van der Waals surface area contributed by atoms with Crippen molar-refractivity contribution in [3.8, 4) is 0 Å². The first-order valence-corrected chi connectivity index (χ1v) is 9.06. The molecule has 0 saturated carbocycles. The van der Waals surface area contributed by atoms with Gasteiger partial charge >= 0.3 is 0 Å². The second-order valence-corrected chi connectivity index (χ2v) is 7.06. The van der Waals surface area contributed by atoms with Crippen molar-refractivity contribution in [3.63, 3.8) is 0 Å². The van der Waals surface area contributed by atoms with E-state index in [9.17, 15) is 4.79 Å². The number of aromatic nitrogens is 3. The first-order valence-electron chi connectivity index (χ1n) is 8.24. The number of amides is 1. The van der Waals surface area contributed by atoms with E-state index in [1.54, 1.807) is 17.5 Å². The van der Waals surface area contributed by atoms with Gasteiger partial charge in [0.15, 0.2) is 0 Å². The summed E-state index contributed by atoms with van der Waals surface area (Å²) in [7, 11) is 0. The van der Waals surface area contributed by atoms with Gasteiger partial charge in [0.2, 0.25) is 5.91 Å². The first kappa shape index (κ1) is 16.6. The zero-order valence-electron chi connectivity index (χ0n) is 14.2. The van der Waals surface area contributed by atoms with Crippen LogP contribution in [0.1, 0.15) is 37.6 Å². The fourth-order valence-corrected chi connectivity index (χ4v) is 3.66. The van der Waals surface area contributed by atoms with Gasteiger partial charge in [-0.3, -0.25) is 4.79 Å². The topological polar surface area (TPSA) is 59.8 Å². The number of rotatable bonds is 6. The molecule has 1 aromatic carbocycles. The highest BCUT2D eigenvalue weighted by atomic mass is 32.1. The van der Waals surface area contributed by atoms with E-state index in [1.807, 2.05) is 42.8 Å². The van der Waals surface area contributed by atoms with Crippen LogP contribution in [0.15, 0.2) is 36.7 Å². The van der Waals surface area contributed by atoms with E-state index in [0.29, 0.717) is 6.54 Å². The van der Waals surface area contributed by atoms with E-state index in [2.05, 4.69) is 28.3 Å². The summed E-state index contributed by atoms with van der Waals surface area (Å²) in [6, 6.07) is 7.95. The molecule has 3 rings (SSSR count). The van der Waals surface area contributed by atoms with Gasteiger partial charge in [-0.25, -0.2) is 9.97 Å². The summed E-state index contributed by atoms with van der Waals surface area (Å²) in [5, 5.41) is 4.02. The van der Waals surface area contributed by atoms with Crippen molar-refractivity contribution < 1.29 is 4.79 Å². The molecule has 0 unspecified atom stereocenters. The molecule has 0 saturated heterocycles. The molecule has 6 heteroatoms. The molecule has 3 aromatic rings. The quantitative estimate of drug-likeness (QED) is 0.745. The predicted molar refractivity (Wildman–Crippen MR) is 96.9 cm³/mol. The number of carbonyl (C=O) groups is 1. The van der Waals surface area contributed by atoms with E-state index in [0.717, 1.165) is 27.5 Å². The van der Waals surface area contributed by atoms with Crippen molar-refractivity contribution in [2.24, 2.45) is 5.92 Å². The van der Waals surface area contributed by atoms with E-state index in [1.165, 1.54) is 0 Å². The van der Waals surface area contributed by atoms with E-state index < -0.39 is 0 Å². The second kappa shape index (κ2) is 7.13. The second-order valence-electron chi connectivity index (χ2n) is 6.00. The van der Waals surface area contributed by atoms with Crippen molar-refractivity contribution in [1.29, 1.82) is 0 Å². The van der Waals surface area contributed by atoms with E-state index >= 15 is 0 Å². The maximum Gasteiger partial charge on any atom is 0.225 e. The molecular weight excluding hydrogens is 320 g/mol. The van der Waals surface area contributed by atoms with Gasteiger partial charge in [-0.05, 0) is 19.1 Å². The van der Waals surface area contributed by atoms with Crippen molar-refractivity contribution >= 4 is 27.5 Å². The zero-order valence-corrected chi connectivity index (χ0v) is 15.0. The molecule has 1 N–H and O–H groups in total. The third-order valence-electron chi connectivity index (χ3n) is 4.08. The van der Waals surface area contributed by atoms with Gasteiger partial charge in [0, 0.05) is 25.4 Å². The molecular formula is C18H22N4OS. The van der Waals surface area contributed by atoms with Crippen LogP contribution in [0.5, 0.6) is 0 Å². The molecule has 0 fully saturated rings. The highest BCUT2D eigenvalue weighted by molar-refractivity contribution is 7.18. The Morgan fingerprint density at radius 2 is 2.12 bits per heavy atom. The van der Waals surface area contributed by atoms with Crippen LogP contribution in [0.3, 0.4) is 0 Å². The molecule has 2 atom stereocenters. The van der Waals surface area contributed by atoms with Crippen molar-refractivity contribution in [2.75, 3.05) is 0 Å². The standard InChI is InChI=1S/C18H22N4OS/c1-4-16-19-9-10-22(16)11-12(2)17(23)20-13(3)18-21-14-7-5-6-8-15(14)24-18/h5-10,12-13H,4,11H2,1-3H3,(H,20,23)/t12-,13-/m0/s1. The van der Waals surface area contributed by atoms with Crippen molar-refractivity contribution in [3.05, 3.63) is 47.5 Å². The molecule has 2 heterocycles. The highest BCUT2D eigenvalue weighted by Crippen LogP contribution is 2.26. The number of para-hydroxylation sites is 1. The molecule has 24 heavy (non-hydrogen) atoms. The van der Waals surface area contributed by atoms with Gasteiger partial charge < -0.3 is 9.88 Å². The molecule has 126 valence electrons. The smallest absolute Gasteiger partial charge is 0.225 e. The number of aryl methyl sites for hydroxylation is 1. The van der Waals surface area contributed by atoms with Crippen LogP contribution in [0.4, 0.5) is 0 Å². The number of hydrogen-bond acceptors (Lipinski definition) is 4. The van der Waals surface area contributed by atoms with Crippen LogP contribution in [-0.2, 0) is 17.8 Å². The van der Waals surface area contributed by atoms with Crippen LogP contribution in [0, 0.1) is 5.92 Å². The van der Waals surface area contributed by atoms with Crippen LogP contribution in [0.25, 0.3) is 10.2 Å². The molecule has 0 aliphatic carbocycles. The van der Waals surface area contributed by atoms with E-state index in [-0.39, 0.29) is 17.9 Å². The average Bonchev–Trinajstić information content (AvgIpc) is 3.20. The summed E-state index contributed by atoms with van der Waals surface area (Å²) >= 11 is 1.63.